The zero-order valence-corrected chi connectivity index (χ0v) is 14.5. The number of halogens is 1. The molecule has 3 N–H and O–H groups in total. The molecular formula is C20H17FN2O4. The quantitative estimate of drug-likeness (QED) is 0.738. The van der Waals surface area contributed by atoms with Gasteiger partial charge < -0.3 is 20.1 Å². The lowest BCUT2D eigenvalue weighted by Gasteiger charge is -2.17. The van der Waals surface area contributed by atoms with Crippen molar-refractivity contribution in [3.63, 3.8) is 0 Å². The van der Waals surface area contributed by atoms with Crippen LogP contribution in [0.2, 0.25) is 0 Å². The minimum absolute atomic E-state index is 0.00350. The molecule has 1 saturated carbocycles. The molecule has 1 aliphatic rings. The van der Waals surface area contributed by atoms with Crippen molar-refractivity contribution in [2.45, 2.75) is 18.4 Å². The molecule has 0 spiro atoms. The van der Waals surface area contributed by atoms with Gasteiger partial charge in [0.1, 0.15) is 17.1 Å². The number of aromatic nitrogens is 1. The number of carbonyl (C=O) groups is 1. The SMILES string of the molecule is COc1ccc(-n2cc(C(=O)O)c(=O)c3cc(F)c(C4(N)CC4)cc32)cc1. The second-order valence-corrected chi connectivity index (χ2v) is 6.75. The Balaban J connectivity index is 2.06. The zero-order chi connectivity index (χ0) is 19.3. The first-order chi connectivity index (χ1) is 12.8. The number of rotatable bonds is 4. The Morgan fingerprint density at radius 2 is 1.93 bits per heavy atom. The van der Waals surface area contributed by atoms with Crippen LogP contribution in [-0.4, -0.2) is 22.8 Å². The lowest BCUT2D eigenvalue weighted by molar-refractivity contribution is 0.0695. The van der Waals surface area contributed by atoms with Gasteiger partial charge in [-0.05, 0) is 49.2 Å². The van der Waals surface area contributed by atoms with Gasteiger partial charge in [0.15, 0.2) is 0 Å². The third kappa shape index (κ3) is 2.76. The molecule has 1 aliphatic carbocycles. The van der Waals surface area contributed by atoms with Crippen molar-refractivity contribution in [3.05, 3.63) is 69.8 Å². The van der Waals surface area contributed by atoms with Crippen molar-refractivity contribution in [2.75, 3.05) is 7.11 Å². The van der Waals surface area contributed by atoms with E-state index < -0.39 is 28.3 Å². The summed E-state index contributed by atoms with van der Waals surface area (Å²) >= 11 is 0. The number of benzene rings is 2. The first-order valence-electron chi connectivity index (χ1n) is 8.40. The summed E-state index contributed by atoms with van der Waals surface area (Å²) in [7, 11) is 1.54. The number of pyridine rings is 1. The van der Waals surface area contributed by atoms with Crippen LogP contribution in [0.3, 0.4) is 0 Å². The van der Waals surface area contributed by atoms with Gasteiger partial charge in [-0.1, -0.05) is 0 Å². The van der Waals surface area contributed by atoms with Crippen LogP contribution in [-0.2, 0) is 5.54 Å². The number of hydrogen-bond donors (Lipinski definition) is 2. The van der Waals surface area contributed by atoms with E-state index >= 15 is 0 Å². The Morgan fingerprint density at radius 3 is 2.48 bits per heavy atom. The molecule has 27 heavy (non-hydrogen) atoms. The van der Waals surface area contributed by atoms with Gasteiger partial charge in [0.2, 0.25) is 5.43 Å². The van der Waals surface area contributed by atoms with Gasteiger partial charge in [-0.3, -0.25) is 4.79 Å². The van der Waals surface area contributed by atoms with Crippen LogP contribution in [0.25, 0.3) is 16.6 Å². The molecule has 0 aliphatic heterocycles. The Morgan fingerprint density at radius 1 is 1.26 bits per heavy atom. The van der Waals surface area contributed by atoms with Crippen molar-refractivity contribution in [1.29, 1.82) is 0 Å². The predicted molar refractivity (Wildman–Crippen MR) is 98.1 cm³/mol. The number of carboxylic acid groups (broad SMARTS) is 1. The number of ether oxygens (including phenoxy) is 1. The van der Waals surface area contributed by atoms with Gasteiger partial charge in [0.25, 0.3) is 0 Å². The molecule has 0 radical (unpaired) electrons. The molecule has 1 heterocycles. The van der Waals surface area contributed by atoms with E-state index in [-0.39, 0.29) is 5.39 Å². The average Bonchev–Trinajstić information content (AvgIpc) is 3.40. The van der Waals surface area contributed by atoms with Crippen molar-refractivity contribution >= 4 is 16.9 Å². The summed E-state index contributed by atoms with van der Waals surface area (Å²) in [4.78, 5) is 24.1. The molecule has 0 atom stereocenters. The first-order valence-corrected chi connectivity index (χ1v) is 8.40. The third-order valence-electron chi connectivity index (χ3n) is 5.00. The van der Waals surface area contributed by atoms with E-state index in [1.165, 1.54) is 13.3 Å². The van der Waals surface area contributed by atoms with Gasteiger partial charge in [-0.15, -0.1) is 0 Å². The topological polar surface area (TPSA) is 94.5 Å². The maximum absolute atomic E-state index is 14.6. The smallest absolute Gasteiger partial charge is 0.341 e. The summed E-state index contributed by atoms with van der Waals surface area (Å²) < 4.78 is 21.3. The molecule has 138 valence electrons. The average molecular weight is 368 g/mol. The highest BCUT2D eigenvalue weighted by atomic mass is 19.1. The van der Waals surface area contributed by atoms with Crippen molar-refractivity contribution in [2.24, 2.45) is 5.73 Å². The van der Waals surface area contributed by atoms with Gasteiger partial charge in [0.05, 0.1) is 12.6 Å². The Kier molecular flexibility index (Phi) is 3.78. The zero-order valence-electron chi connectivity index (χ0n) is 14.5. The Bertz CT molecular complexity index is 1130. The summed E-state index contributed by atoms with van der Waals surface area (Å²) in [6.45, 7) is 0. The molecule has 0 saturated heterocycles. The molecular weight excluding hydrogens is 351 g/mol. The van der Waals surface area contributed by atoms with Crippen LogP contribution in [0.15, 0.2) is 47.4 Å². The fraction of sp³-hybridized carbons (Fsp3) is 0.200. The minimum Gasteiger partial charge on any atom is -0.497 e. The third-order valence-corrected chi connectivity index (χ3v) is 5.00. The molecule has 1 fully saturated rings. The maximum Gasteiger partial charge on any atom is 0.341 e. The highest BCUT2D eigenvalue weighted by Gasteiger charge is 2.42. The molecule has 2 aromatic carbocycles. The number of methoxy groups -OCH3 is 1. The van der Waals surface area contributed by atoms with Gasteiger partial charge in [-0.2, -0.15) is 0 Å². The maximum atomic E-state index is 14.6. The lowest BCUT2D eigenvalue weighted by atomic mass is 10.0. The van der Waals surface area contributed by atoms with E-state index in [2.05, 4.69) is 0 Å². The lowest BCUT2D eigenvalue weighted by Crippen LogP contribution is -2.23. The molecule has 1 aromatic heterocycles. The monoisotopic (exact) mass is 368 g/mol. The molecule has 7 heteroatoms. The summed E-state index contributed by atoms with van der Waals surface area (Å²) in [5, 5.41) is 9.39. The first kappa shape index (κ1) is 17.2. The Hall–Kier alpha value is -3.19. The Labute approximate surface area is 153 Å². The van der Waals surface area contributed by atoms with Crippen LogP contribution in [0.5, 0.6) is 5.75 Å². The number of aromatic carboxylic acids is 1. The van der Waals surface area contributed by atoms with Crippen molar-refractivity contribution < 1.29 is 19.0 Å². The van der Waals surface area contributed by atoms with E-state index in [1.807, 2.05) is 0 Å². The van der Waals surface area contributed by atoms with Crippen LogP contribution < -0.4 is 15.9 Å². The molecule has 0 bridgehead atoms. The van der Waals surface area contributed by atoms with Crippen molar-refractivity contribution in [1.82, 2.24) is 4.57 Å². The molecule has 0 amide bonds. The van der Waals surface area contributed by atoms with E-state index in [9.17, 15) is 19.1 Å². The van der Waals surface area contributed by atoms with Crippen LogP contribution in [0, 0.1) is 5.82 Å². The normalized spacial score (nSPS) is 14.9. The van der Waals surface area contributed by atoms with Gasteiger partial charge in [-0.25, -0.2) is 9.18 Å². The van der Waals surface area contributed by atoms with Crippen molar-refractivity contribution in [3.8, 4) is 11.4 Å². The van der Waals surface area contributed by atoms with E-state index in [4.69, 9.17) is 10.5 Å². The second kappa shape index (κ2) is 5.92. The minimum atomic E-state index is -1.37. The number of fused-ring (bicyclic) bond motifs is 1. The van der Waals surface area contributed by atoms with E-state index in [0.717, 1.165) is 6.07 Å². The van der Waals surface area contributed by atoms with Crippen LogP contribution >= 0.6 is 0 Å². The number of nitrogens with zero attached hydrogens (tertiary/aromatic N) is 1. The van der Waals surface area contributed by atoms with E-state index in [0.29, 0.717) is 35.4 Å². The summed E-state index contributed by atoms with van der Waals surface area (Å²) in [6.07, 6.45) is 2.58. The number of carboxylic acids is 1. The standard InChI is InChI=1S/C20H17FN2O4/c1-27-12-4-2-11(3-5-12)23-10-14(19(25)26)18(24)13-8-16(21)15(9-17(13)23)20(22)6-7-20/h2-5,8-10H,6-7,22H2,1H3,(H,25,26). The highest BCUT2D eigenvalue weighted by molar-refractivity contribution is 5.93. The summed E-state index contributed by atoms with van der Waals surface area (Å²) in [5.74, 6) is -1.33. The highest BCUT2D eigenvalue weighted by Crippen LogP contribution is 2.44. The molecule has 6 nitrogen and oxygen atoms in total. The van der Waals surface area contributed by atoms with Gasteiger partial charge in [0, 0.05) is 28.4 Å². The van der Waals surface area contributed by atoms with Gasteiger partial charge >= 0.3 is 5.97 Å². The van der Waals surface area contributed by atoms with Crippen LogP contribution in [0.1, 0.15) is 28.8 Å². The number of hydrogen-bond acceptors (Lipinski definition) is 4. The van der Waals surface area contributed by atoms with E-state index in [1.54, 1.807) is 34.9 Å². The molecule has 4 rings (SSSR count). The number of nitrogens with two attached hydrogens (primary N) is 1. The predicted octanol–water partition coefficient (Wildman–Crippen LogP) is 2.78. The largest absolute Gasteiger partial charge is 0.497 e. The molecule has 3 aromatic rings. The molecule has 0 unspecified atom stereocenters. The second-order valence-electron chi connectivity index (χ2n) is 6.75. The summed E-state index contributed by atoms with van der Waals surface area (Å²) in [5.41, 5.74) is 5.63. The van der Waals surface area contributed by atoms with Crippen LogP contribution in [0.4, 0.5) is 4.39 Å². The summed E-state index contributed by atoms with van der Waals surface area (Å²) in [6, 6.07) is 9.53. The fourth-order valence-electron chi connectivity index (χ4n) is 3.24. The fourth-order valence-corrected chi connectivity index (χ4v) is 3.24.